The summed E-state index contributed by atoms with van der Waals surface area (Å²) in [5.41, 5.74) is 1.74. The molecule has 1 fully saturated rings. The molecule has 1 aromatic carbocycles. The Morgan fingerprint density at radius 2 is 1.80 bits per heavy atom. The van der Waals surface area contributed by atoms with E-state index in [4.69, 9.17) is 4.74 Å². The van der Waals surface area contributed by atoms with Crippen molar-refractivity contribution >= 4 is 44.4 Å². The lowest BCUT2D eigenvalue weighted by Crippen LogP contribution is -2.38. The maximum Gasteiger partial charge on any atom is 0.407 e. The minimum atomic E-state index is -3.58. The summed E-state index contributed by atoms with van der Waals surface area (Å²) in [6.07, 6.45) is 4.10. The molecule has 2 aliphatic rings. The fourth-order valence-corrected chi connectivity index (χ4v) is 6.36. The van der Waals surface area contributed by atoms with Gasteiger partial charge in [-0.3, -0.25) is 9.59 Å². The van der Waals surface area contributed by atoms with Gasteiger partial charge in [0.1, 0.15) is 16.8 Å². The number of alkyl carbamates (subject to hydrolysis) is 1. The van der Waals surface area contributed by atoms with Crippen LogP contribution in [-0.4, -0.2) is 72.5 Å². The zero-order chi connectivity index (χ0) is 32.1. The Kier molecular flexibility index (Phi) is 7.99. The maximum atomic E-state index is 13.5. The lowest BCUT2D eigenvalue weighted by Gasteiger charge is -2.27. The van der Waals surface area contributed by atoms with Gasteiger partial charge in [0, 0.05) is 73.4 Å². The van der Waals surface area contributed by atoms with Gasteiger partial charge in [-0.25, -0.2) is 18.0 Å². The van der Waals surface area contributed by atoms with E-state index in [9.17, 15) is 32.7 Å². The van der Waals surface area contributed by atoms with Gasteiger partial charge in [0.25, 0.3) is 11.5 Å². The number of hydrogen-bond donors (Lipinski definition) is 4. The molecule has 0 bridgehead atoms. The van der Waals surface area contributed by atoms with Gasteiger partial charge in [-0.1, -0.05) is 0 Å². The Balaban J connectivity index is 1.59. The first-order valence-electron chi connectivity index (χ1n) is 14.3. The van der Waals surface area contributed by atoms with Crippen LogP contribution in [0.5, 0.6) is 0 Å². The number of nitrogens with one attached hydrogen (secondary N) is 3. The number of sulfone groups is 1. The van der Waals surface area contributed by atoms with Crippen LogP contribution >= 0.6 is 0 Å². The maximum absolute atomic E-state index is 13.5. The molecule has 2 amide bonds. The van der Waals surface area contributed by atoms with E-state index in [1.165, 1.54) is 10.6 Å². The normalized spacial score (nSPS) is 14.6. The number of pyridine rings is 1. The third kappa shape index (κ3) is 6.59. The highest BCUT2D eigenvalue weighted by molar-refractivity contribution is 7.89. The summed E-state index contributed by atoms with van der Waals surface area (Å²) >= 11 is 0. The molecule has 3 aromatic rings. The number of carbonyl (C=O) groups is 3. The second kappa shape index (κ2) is 11.3. The molecule has 44 heavy (non-hydrogen) atoms. The number of anilines is 1. The molecule has 0 unspecified atom stereocenters. The number of hydrogen-bond acceptors (Lipinski definition) is 8. The molecule has 0 spiro atoms. The van der Waals surface area contributed by atoms with Gasteiger partial charge in [0.05, 0.1) is 11.3 Å². The number of benzene rings is 1. The van der Waals surface area contributed by atoms with Crippen molar-refractivity contribution in [2.45, 2.75) is 51.5 Å². The van der Waals surface area contributed by atoms with Crippen molar-refractivity contribution in [2.24, 2.45) is 13.0 Å². The lowest BCUT2D eigenvalue weighted by molar-refractivity contribution is 0.0526. The van der Waals surface area contributed by atoms with Crippen molar-refractivity contribution < 1.29 is 32.6 Å². The molecule has 1 aliphatic carbocycles. The molecule has 4 N–H and O–H groups in total. The fraction of sp³-hybridized carbons (Fsp3) is 0.467. The number of aromatic carboxylic acids is 1. The summed E-state index contributed by atoms with van der Waals surface area (Å²) < 4.78 is 31.1. The second-order valence-electron chi connectivity index (χ2n) is 12.6. The molecule has 0 atom stereocenters. The van der Waals surface area contributed by atoms with Gasteiger partial charge in [0.2, 0.25) is 0 Å². The Bertz CT molecular complexity index is 1850. The number of amides is 2. The summed E-state index contributed by atoms with van der Waals surface area (Å²) in [5.74, 6) is -1.81. The minimum absolute atomic E-state index is 0.0978. The third-order valence-electron chi connectivity index (χ3n) is 7.56. The summed E-state index contributed by atoms with van der Waals surface area (Å²) in [7, 11) is -2.00. The molecular formula is C30H37N5O8S. The van der Waals surface area contributed by atoms with Crippen LogP contribution in [0.25, 0.3) is 22.0 Å². The Morgan fingerprint density at radius 3 is 2.41 bits per heavy atom. The van der Waals surface area contributed by atoms with Crippen LogP contribution in [0.2, 0.25) is 0 Å². The standard InChI is InChI=1S/C30H37N5O8S/c1-30(2,3)43-29(40)32-9-8-31-26(36)24-21-14-35(12-16-6-7-16)22-11-18(28(38)39)17(15-44(5,41)42)10-19(22)20-13-34(4)27(37)25(33-24)23(20)21/h10-11,13,16,33H,6-9,12,14-15H2,1-5H3,(H,31,36)(H,32,40)(H,38,39). The van der Waals surface area contributed by atoms with Crippen molar-refractivity contribution in [3.63, 3.8) is 0 Å². The predicted molar refractivity (Wildman–Crippen MR) is 165 cm³/mol. The van der Waals surface area contributed by atoms with Gasteiger partial charge in [0.15, 0.2) is 9.84 Å². The first-order valence-corrected chi connectivity index (χ1v) is 16.4. The van der Waals surface area contributed by atoms with E-state index in [2.05, 4.69) is 15.6 Å². The SMILES string of the molecule is Cn1cc2c3c(c(C(=O)NCCNC(=O)OC(C)(C)C)[nH]c3c1=O)CN(CC1CC1)c1cc(C(=O)O)c(CS(C)(=O)=O)cc1-2. The van der Waals surface area contributed by atoms with Gasteiger partial charge < -0.3 is 34.9 Å². The van der Waals surface area contributed by atoms with Gasteiger partial charge in [-0.15, -0.1) is 0 Å². The Labute approximate surface area is 254 Å². The average molecular weight is 628 g/mol. The molecule has 13 nitrogen and oxygen atoms in total. The zero-order valence-corrected chi connectivity index (χ0v) is 26.2. The molecule has 236 valence electrons. The molecule has 1 saturated carbocycles. The van der Waals surface area contributed by atoms with Crippen LogP contribution < -0.4 is 21.1 Å². The van der Waals surface area contributed by atoms with E-state index in [1.54, 1.807) is 40.1 Å². The number of aryl methyl sites for hydroxylation is 1. The number of aromatic amines is 1. The topological polar surface area (TPSA) is 180 Å². The van der Waals surface area contributed by atoms with Crippen LogP contribution in [0.4, 0.5) is 10.5 Å². The quantitative estimate of drug-likeness (QED) is 0.260. The number of fused-ring (bicyclic) bond motifs is 2. The van der Waals surface area contributed by atoms with Crippen LogP contribution in [-0.2, 0) is 33.9 Å². The van der Waals surface area contributed by atoms with Crippen LogP contribution in [0, 0.1) is 5.92 Å². The van der Waals surface area contributed by atoms with Gasteiger partial charge >= 0.3 is 12.1 Å². The number of ether oxygens (including phenoxy) is 1. The highest BCUT2D eigenvalue weighted by Crippen LogP contribution is 2.44. The molecule has 2 aromatic heterocycles. The number of rotatable bonds is 9. The monoisotopic (exact) mass is 627 g/mol. The van der Waals surface area contributed by atoms with Gasteiger partial charge in [-0.05, 0) is 57.2 Å². The van der Waals surface area contributed by atoms with E-state index in [-0.39, 0.29) is 47.5 Å². The fourth-order valence-electron chi connectivity index (χ4n) is 5.55. The first kappa shape index (κ1) is 31.1. The molecular weight excluding hydrogens is 590 g/mol. The molecule has 3 heterocycles. The van der Waals surface area contributed by atoms with Crippen molar-refractivity contribution in [3.05, 3.63) is 51.1 Å². The second-order valence-corrected chi connectivity index (χ2v) is 14.7. The summed E-state index contributed by atoms with van der Waals surface area (Å²) in [4.78, 5) is 56.2. The van der Waals surface area contributed by atoms with E-state index in [0.29, 0.717) is 40.2 Å². The summed E-state index contributed by atoms with van der Waals surface area (Å²) in [6.45, 7) is 6.26. The number of aromatic nitrogens is 2. The van der Waals surface area contributed by atoms with E-state index < -0.39 is 39.2 Å². The highest BCUT2D eigenvalue weighted by Gasteiger charge is 2.33. The van der Waals surface area contributed by atoms with Crippen molar-refractivity contribution in [1.29, 1.82) is 0 Å². The minimum Gasteiger partial charge on any atom is -0.478 e. The predicted octanol–water partition coefficient (Wildman–Crippen LogP) is 2.76. The van der Waals surface area contributed by atoms with Crippen molar-refractivity contribution in [1.82, 2.24) is 20.2 Å². The molecule has 14 heteroatoms. The Morgan fingerprint density at radius 1 is 1.11 bits per heavy atom. The van der Waals surface area contributed by atoms with E-state index in [0.717, 1.165) is 19.1 Å². The zero-order valence-electron chi connectivity index (χ0n) is 25.4. The third-order valence-corrected chi connectivity index (χ3v) is 8.40. The molecule has 0 saturated heterocycles. The highest BCUT2D eigenvalue weighted by atomic mass is 32.2. The lowest BCUT2D eigenvalue weighted by atomic mass is 9.96. The summed E-state index contributed by atoms with van der Waals surface area (Å²) in [5, 5.41) is 15.9. The van der Waals surface area contributed by atoms with Crippen molar-refractivity contribution in [2.75, 3.05) is 30.8 Å². The van der Waals surface area contributed by atoms with E-state index in [1.807, 2.05) is 4.90 Å². The van der Waals surface area contributed by atoms with Crippen molar-refractivity contribution in [3.8, 4) is 11.1 Å². The van der Waals surface area contributed by atoms with Crippen LogP contribution in [0.1, 0.15) is 65.6 Å². The van der Waals surface area contributed by atoms with Crippen LogP contribution in [0.3, 0.4) is 0 Å². The van der Waals surface area contributed by atoms with Gasteiger partial charge in [-0.2, -0.15) is 0 Å². The largest absolute Gasteiger partial charge is 0.478 e. The van der Waals surface area contributed by atoms with E-state index >= 15 is 0 Å². The molecule has 1 aliphatic heterocycles. The molecule has 5 rings (SSSR count). The molecule has 0 radical (unpaired) electrons. The number of carbonyl (C=O) groups excluding carboxylic acids is 2. The number of carboxylic acids is 1. The number of H-pyrrole nitrogens is 1. The number of nitrogens with zero attached hydrogens (tertiary/aromatic N) is 2. The smallest absolute Gasteiger partial charge is 0.407 e. The van der Waals surface area contributed by atoms with Crippen LogP contribution in [0.15, 0.2) is 23.1 Å². The average Bonchev–Trinajstić information content (AvgIpc) is 3.65. The Hall–Kier alpha value is -4.33. The number of carboxylic acid groups (broad SMARTS) is 1. The first-order chi connectivity index (χ1) is 20.5. The summed E-state index contributed by atoms with van der Waals surface area (Å²) in [6, 6.07) is 3.10.